The Kier molecular flexibility index (Phi) is 9.49. The first-order valence-corrected chi connectivity index (χ1v) is 6.46. The van der Waals surface area contributed by atoms with Crippen LogP contribution in [0.4, 0.5) is 0 Å². The van der Waals surface area contributed by atoms with Gasteiger partial charge >= 0.3 is 0 Å². The minimum Gasteiger partial charge on any atom is -0.301 e. The molecule has 0 atom stereocenters. The van der Waals surface area contributed by atoms with E-state index in [1.54, 1.807) is 0 Å². The lowest BCUT2D eigenvalue weighted by Crippen LogP contribution is -2.32. The maximum atomic E-state index is 2.62. The molecule has 0 aliphatic carbocycles. The Hall–Kier alpha value is -0.0400. The Morgan fingerprint density at radius 1 is 0.786 bits per heavy atom. The molecule has 0 spiro atoms. The fourth-order valence-corrected chi connectivity index (χ4v) is 1.73. The van der Waals surface area contributed by atoms with Crippen molar-refractivity contribution in [1.82, 2.24) is 4.90 Å². The molecule has 0 aliphatic rings. The van der Waals surface area contributed by atoms with Crippen LogP contribution in [0.15, 0.2) is 0 Å². The summed E-state index contributed by atoms with van der Waals surface area (Å²) in [7, 11) is 0. The first kappa shape index (κ1) is 14.0. The van der Waals surface area contributed by atoms with E-state index in [4.69, 9.17) is 0 Å². The molecule has 0 aliphatic heterocycles. The molecular formula is C13H29N. The summed E-state index contributed by atoms with van der Waals surface area (Å²) in [6.07, 6.45) is 8.21. The van der Waals surface area contributed by atoms with Crippen molar-refractivity contribution >= 4 is 0 Å². The zero-order valence-electron chi connectivity index (χ0n) is 10.7. The molecule has 1 nitrogen and oxygen atoms in total. The van der Waals surface area contributed by atoms with E-state index < -0.39 is 0 Å². The van der Waals surface area contributed by atoms with Crippen molar-refractivity contribution in [3.8, 4) is 0 Å². The van der Waals surface area contributed by atoms with Crippen LogP contribution in [-0.2, 0) is 0 Å². The van der Waals surface area contributed by atoms with E-state index in [1.165, 1.54) is 51.6 Å². The molecule has 0 radical (unpaired) electrons. The highest BCUT2D eigenvalue weighted by molar-refractivity contribution is 4.62. The molecule has 0 aromatic rings. The van der Waals surface area contributed by atoms with Gasteiger partial charge in [-0.1, -0.05) is 39.5 Å². The largest absolute Gasteiger partial charge is 0.301 e. The van der Waals surface area contributed by atoms with Crippen molar-refractivity contribution in [3.63, 3.8) is 0 Å². The second-order valence-corrected chi connectivity index (χ2v) is 4.54. The molecular weight excluding hydrogens is 170 g/mol. The van der Waals surface area contributed by atoms with Gasteiger partial charge in [-0.2, -0.15) is 0 Å². The van der Waals surface area contributed by atoms with Gasteiger partial charge in [0.2, 0.25) is 0 Å². The number of unbranched alkanes of at least 4 members (excludes halogenated alkanes) is 4. The van der Waals surface area contributed by atoms with Crippen LogP contribution in [0, 0.1) is 0 Å². The molecule has 0 bridgehead atoms. The molecule has 0 amide bonds. The van der Waals surface area contributed by atoms with E-state index in [1.807, 2.05) is 0 Å². The second kappa shape index (κ2) is 9.51. The number of rotatable bonds is 9. The topological polar surface area (TPSA) is 3.24 Å². The van der Waals surface area contributed by atoms with E-state index in [-0.39, 0.29) is 0 Å². The molecule has 14 heavy (non-hydrogen) atoms. The maximum absolute atomic E-state index is 2.62. The summed E-state index contributed by atoms with van der Waals surface area (Å²) in [5, 5.41) is 0. The molecule has 0 fully saturated rings. The van der Waals surface area contributed by atoms with E-state index in [2.05, 4.69) is 32.6 Å². The van der Waals surface area contributed by atoms with Gasteiger partial charge in [-0.05, 0) is 39.8 Å². The Morgan fingerprint density at radius 3 is 1.86 bits per heavy atom. The lowest BCUT2D eigenvalue weighted by molar-refractivity contribution is 0.213. The summed E-state index contributed by atoms with van der Waals surface area (Å²) in [5.74, 6) is 0. The standard InChI is InChI=1S/C13H29N/c1-5-7-9-10-12-14(13(3)4)11-8-6-2/h13H,5-12H2,1-4H3. The first-order valence-electron chi connectivity index (χ1n) is 6.46. The second-order valence-electron chi connectivity index (χ2n) is 4.54. The monoisotopic (exact) mass is 199 g/mol. The van der Waals surface area contributed by atoms with Crippen LogP contribution in [-0.4, -0.2) is 24.0 Å². The molecule has 1 heteroatoms. The van der Waals surface area contributed by atoms with E-state index in [0.29, 0.717) is 0 Å². The highest BCUT2D eigenvalue weighted by atomic mass is 15.1. The molecule has 0 aromatic carbocycles. The molecule has 0 saturated carbocycles. The highest BCUT2D eigenvalue weighted by Gasteiger charge is 2.07. The van der Waals surface area contributed by atoms with E-state index in [0.717, 1.165) is 6.04 Å². The molecule has 0 saturated heterocycles. The summed E-state index contributed by atoms with van der Waals surface area (Å²) in [5.41, 5.74) is 0. The molecule has 0 N–H and O–H groups in total. The normalized spacial score (nSPS) is 11.6. The summed E-state index contributed by atoms with van der Waals surface area (Å²) in [6.45, 7) is 11.8. The van der Waals surface area contributed by atoms with E-state index in [9.17, 15) is 0 Å². The number of hydrogen-bond acceptors (Lipinski definition) is 1. The van der Waals surface area contributed by atoms with Crippen molar-refractivity contribution in [3.05, 3.63) is 0 Å². The Balaban J connectivity index is 3.52. The quantitative estimate of drug-likeness (QED) is 0.506. The number of nitrogens with zero attached hydrogens (tertiary/aromatic N) is 1. The van der Waals surface area contributed by atoms with Gasteiger partial charge in [-0.3, -0.25) is 0 Å². The molecule has 0 aromatic heterocycles. The van der Waals surface area contributed by atoms with Crippen LogP contribution in [0.3, 0.4) is 0 Å². The summed E-state index contributed by atoms with van der Waals surface area (Å²) in [6, 6.07) is 0.725. The number of hydrogen-bond donors (Lipinski definition) is 0. The van der Waals surface area contributed by atoms with Crippen LogP contribution in [0.5, 0.6) is 0 Å². The minimum absolute atomic E-state index is 0.725. The van der Waals surface area contributed by atoms with E-state index >= 15 is 0 Å². The summed E-state index contributed by atoms with van der Waals surface area (Å²) < 4.78 is 0. The third-order valence-electron chi connectivity index (χ3n) is 2.83. The van der Waals surface area contributed by atoms with Gasteiger partial charge in [0, 0.05) is 6.04 Å². The van der Waals surface area contributed by atoms with Crippen molar-refractivity contribution in [2.24, 2.45) is 0 Å². The fourth-order valence-electron chi connectivity index (χ4n) is 1.73. The molecule has 0 rings (SSSR count). The van der Waals surface area contributed by atoms with Crippen molar-refractivity contribution < 1.29 is 0 Å². The summed E-state index contributed by atoms with van der Waals surface area (Å²) >= 11 is 0. The fraction of sp³-hybridized carbons (Fsp3) is 1.00. The maximum Gasteiger partial charge on any atom is 0.00385 e. The van der Waals surface area contributed by atoms with Gasteiger partial charge in [0.05, 0.1) is 0 Å². The zero-order valence-corrected chi connectivity index (χ0v) is 10.7. The van der Waals surface area contributed by atoms with Crippen LogP contribution in [0.25, 0.3) is 0 Å². The molecule has 0 unspecified atom stereocenters. The Morgan fingerprint density at radius 2 is 1.36 bits per heavy atom. The van der Waals surface area contributed by atoms with Crippen LogP contribution in [0.1, 0.15) is 66.2 Å². The van der Waals surface area contributed by atoms with Crippen molar-refractivity contribution in [2.75, 3.05) is 13.1 Å². The first-order chi connectivity index (χ1) is 6.72. The molecule has 0 heterocycles. The van der Waals surface area contributed by atoms with Gasteiger partial charge in [-0.15, -0.1) is 0 Å². The summed E-state index contributed by atoms with van der Waals surface area (Å²) in [4.78, 5) is 2.62. The Bertz CT molecular complexity index is 110. The third-order valence-corrected chi connectivity index (χ3v) is 2.83. The van der Waals surface area contributed by atoms with Gasteiger partial charge in [0.1, 0.15) is 0 Å². The highest BCUT2D eigenvalue weighted by Crippen LogP contribution is 2.06. The lowest BCUT2D eigenvalue weighted by atomic mass is 10.1. The zero-order chi connectivity index (χ0) is 10.8. The average Bonchev–Trinajstić information content (AvgIpc) is 2.16. The predicted molar refractivity (Wildman–Crippen MR) is 65.8 cm³/mol. The predicted octanol–water partition coefficient (Wildman–Crippen LogP) is 4.08. The molecule has 86 valence electrons. The van der Waals surface area contributed by atoms with Crippen molar-refractivity contribution in [2.45, 2.75) is 72.3 Å². The van der Waals surface area contributed by atoms with Crippen LogP contribution >= 0.6 is 0 Å². The van der Waals surface area contributed by atoms with Gasteiger partial charge in [0.15, 0.2) is 0 Å². The van der Waals surface area contributed by atoms with Crippen molar-refractivity contribution in [1.29, 1.82) is 0 Å². The van der Waals surface area contributed by atoms with Gasteiger partial charge in [-0.25, -0.2) is 0 Å². The smallest absolute Gasteiger partial charge is 0.00385 e. The van der Waals surface area contributed by atoms with Crippen LogP contribution < -0.4 is 0 Å². The van der Waals surface area contributed by atoms with Gasteiger partial charge < -0.3 is 4.90 Å². The van der Waals surface area contributed by atoms with Crippen LogP contribution in [0.2, 0.25) is 0 Å². The minimum atomic E-state index is 0.725. The third kappa shape index (κ3) is 7.37. The Labute approximate surface area is 90.9 Å². The van der Waals surface area contributed by atoms with Gasteiger partial charge in [0.25, 0.3) is 0 Å². The average molecular weight is 199 g/mol. The lowest BCUT2D eigenvalue weighted by Gasteiger charge is -2.26. The SMILES string of the molecule is CCCCCCN(CCCC)C(C)C.